The highest BCUT2D eigenvalue weighted by molar-refractivity contribution is 6.31. The van der Waals surface area contributed by atoms with Gasteiger partial charge >= 0.3 is 0 Å². The average molecular weight is 397 g/mol. The van der Waals surface area contributed by atoms with Crippen molar-refractivity contribution in [2.24, 2.45) is 0 Å². The first-order valence-corrected chi connectivity index (χ1v) is 10.4. The summed E-state index contributed by atoms with van der Waals surface area (Å²) in [4.78, 5) is 15.7. The smallest absolute Gasteiger partial charge is 0.152 e. The topological polar surface area (TPSA) is 23.6 Å². The van der Waals surface area contributed by atoms with E-state index in [1.165, 1.54) is 22.5 Å². The van der Waals surface area contributed by atoms with Gasteiger partial charge in [-0.1, -0.05) is 48.0 Å². The molecule has 3 rings (SSSR count). The van der Waals surface area contributed by atoms with E-state index in [4.69, 9.17) is 11.6 Å². The van der Waals surface area contributed by atoms with Crippen LogP contribution in [0.2, 0.25) is 0 Å². The van der Waals surface area contributed by atoms with Crippen molar-refractivity contribution in [3.63, 3.8) is 0 Å². The lowest BCUT2D eigenvalue weighted by Crippen LogP contribution is -2.27. The second-order valence-corrected chi connectivity index (χ2v) is 7.96. The Morgan fingerprint density at radius 2 is 2.04 bits per heavy atom. The predicted octanol–water partition coefficient (Wildman–Crippen LogP) is 5.24. The third-order valence-corrected chi connectivity index (χ3v) is 5.47. The standard InChI is InChI=1S/C24H29ClN2O/c1-19(28)8-7-16-26(2)15-5-6-17-27-23-10-4-3-9-20(23)11-12-21-13-14-22(25)18-24(21)27/h3-4,7-10,12,14,18H,5-6,11,13,15-17H2,1-2H3/b8-7+. The summed E-state index contributed by atoms with van der Waals surface area (Å²) in [5.74, 6) is 0.102. The van der Waals surface area contributed by atoms with E-state index in [9.17, 15) is 4.79 Å². The summed E-state index contributed by atoms with van der Waals surface area (Å²) >= 11 is 6.35. The van der Waals surface area contributed by atoms with E-state index in [1.54, 1.807) is 13.0 Å². The van der Waals surface area contributed by atoms with Crippen molar-refractivity contribution in [3.8, 4) is 0 Å². The van der Waals surface area contributed by atoms with E-state index in [0.29, 0.717) is 0 Å². The number of carbonyl (C=O) groups is 1. The number of unbranched alkanes of at least 4 members (excludes halogenated alkanes) is 1. The molecule has 1 aromatic carbocycles. The predicted molar refractivity (Wildman–Crippen MR) is 119 cm³/mol. The molecule has 0 atom stereocenters. The molecule has 2 aliphatic rings. The van der Waals surface area contributed by atoms with Gasteiger partial charge in [0.1, 0.15) is 0 Å². The fourth-order valence-corrected chi connectivity index (χ4v) is 3.91. The lowest BCUT2D eigenvalue weighted by Gasteiger charge is -2.30. The number of likely N-dealkylation sites (N-methyl/N-ethyl adjacent to an activating group) is 1. The van der Waals surface area contributed by atoms with Crippen LogP contribution in [-0.2, 0) is 11.2 Å². The minimum Gasteiger partial charge on any atom is -0.341 e. The monoisotopic (exact) mass is 396 g/mol. The van der Waals surface area contributed by atoms with Crippen molar-refractivity contribution in [1.29, 1.82) is 0 Å². The summed E-state index contributed by atoms with van der Waals surface area (Å²) in [6.45, 7) is 4.38. The number of benzene rings is 1. The van der Waals surface area contributed by atoms with E-state index in [1.807, 2.05) is 6.08 Å². The minimum atomic E-state index is 0.102. The highest BCUT2D eigenvalue weighted by atomic mass is 35.5. The lowest BCUT2D eigenvalue weighted by molar-refractivity contribution is -0.112. The first-order chi connectivity index (χ1) is 13.5. The second kappa shape index (κ2) is 9.90. The number of fused-ring (bicyclic) bond motifs is 2. The number of hydrogen-bond acceptors (Lipinski definition) is 3. The van der Waals surface area contributed by atoms with Crippen LogP contribution in [0.3, 0.4) is 0 Å². The van der Waals surface area contributed by atoms with Crippen molar-refractivity contribution in [2.45, 2.75) is 32.6 Å². The summed E-state index contributed by atoms with van der Waals surface area (Å²) in [5, 5.41) is 0.827. The molecule has 0 unspecified atom stereocenters. The summed E-state index contributed by atoms with van der Waals surface area (Å²) < 4.78 is 0. The number of hydrogen-bond donors (Lipinski definition) is 0. The van der Waals surface area contributed by atoms with Gasteiger partial charge in [0.2, 0.25) is 0 Å². The third-order valence-electron chi connectivity index (χ3n) is 5.20. The van der Waals surface area contributed by atoms with Crippen molar-refractivity contribution >= 4 is 23.1 Å². The number of nitrogens with zero attached hydrogens (tertiary/aromatic N) is 2. The Labute approximate surface area is 173 Å². The molecule has 1 heterocycles. The summed E-state index contributed by atoms with van der Waals surface area (Å²) in [7, 11) is 2.10. The van der Waals surface area contributed by atoms with Crippen molar-refractivity contribution < 1.29 is 4.79 Å². The molecule has 4 heteroatoms. The Morgan fingerprint density at radius 1 is 1.21 bits per heavy atom. The summed E-state index contributed by atoms with van der Waals surface area (Å²) in [6, 6.07) is 8.68. The van der Waals surface area contributed by atoms with Crippen molar-refractivity contribution in [3.05, 3.63) is 76.5 Å². The van der Waals surface area contributed by atoms with Crippen LogP contribution in [0.15, 0.2) is 70.9 Å². The Hall–Kier alpha value is -2.10. The maximum absolute atomic E-state index is 11.0. The molecule has 148 valence electrons. The quantitative estimate of drug-likeness (QED) is 0.443. The maximum Gasteiger partial charge on any atom is 0.152 e. The molecule has 0 bridgehead atoms. The van der Waals surface area contributed by atoms with Gasteiger partial charge in [0, 0.05) is 29.5 Å². The van der Waals surface area contributed by atoms with E-state index >= 15 is 0 Å². The molecule has 1 aliphatic carbocycles. The van der Waals surface area contributed by atoms with Crippen LogP contribution in [0, 0.1) is 0 Å². The first-order valence-electron chi connectivity index (χ1n) is 10.0. The molecule has 0 spiro atoms. The Bertz CT molecular complexity index is 835. The average Bonchev–Trinajstić information content (AvgIpc) is 2.82. The van der Waals surface area contributed by atoms with Gasteiger partial charge < -0.3 is 9.80 Å². The molecule has 3 nitrogen and oxygen atoms in total. The molecule has 0 radical (unpaired) electrons. The van der Waals surface area contributed by atoms with Gasteiger partial charge in [-0.3, -0.25) is 4.79 Å². The molecular weight excluding hydrogens is 368 g/mol. The van der Waals surface area contributed by atoms with Gasteiger partial charge in [-0.2, -0.15) is 0 Å². The van der Waals surface area contributed by atoms with E-state index in [0.717, 1.165) is 50.3 Å². The zero-order valence-corrected chi connectivity index (χ0v) is 17.6. The second-order valence-electron chi connectivity index (χ2n) is 7.52. The van der Waals surface area contributed by atoms with E-state index in [-0.39, 0.29) is 5.78 Å². The molecule has 0 saturated carbocycles. The number of rotatable bonds is 8. The van der Waals surface area contributed by atoms with Crippen LogP contribution in [-0.4, -0.2) is 37.4 Å². The number of halogens is 1. The number of ketones is 1. The normalized spacial score (nSPS) is 16.3. The SMILES string of the molecule is CC(=O)/C=C/CN(C)CCCCN1C2=CC(Cl)=CCC2=CCc2ccccc21. The molecule has 28 heavy (non-hydrogen) atoms. The van der Waals surface area contributed by atoms with Crippen molar-refractivity contribution in [2.75, 3.05) is 31.6 Å². The molecule has 0 saturated heterocycles. The highest BCUT2D eigenvalue weighted by Crippen LogP contribution is 2.36. The van der Waals surface area contributed by atoms with Gasteiger partial charge in [0.05, 0.1) is 0 Å². The fraction of sp³-hybridized carbons (Fsp3) is 0.375. The summed E-state index contributed by atoms with van der Waals surface area (Å²) in [6.07, 6.45) is 14.2. The third kappa shape index (κ3) is 5.46. The fourth-order valence-electron chi connectivity index (χ4n) is 3.73. The van der Waals surface area contributed by atoms with E-state index in [2.05, 4.69) is 59.3 Å². The molecule has 0 amide bonds. The minimum absolute atomic E-state index is 0.102. The van der Waals surface area contributed by atoms with Gasteiger partial charge in [0.25, 0.3) is 0 Å². The van der Waals surface area contributed by atoms with Crippen LogP contribution in [0.1, 0.15) is 31.7 Å². The highest BCUT2D eigenvalue weighted by Gasteiger charge is 2.22. The number of allylic oxidation sites excluding steroid dienone is 6. The van der Waals surface area contributed by atoms with Crippen molar-refractivity contribution in [1.82, 2.24) is 4.90 Å². The molecular formula is C24H29ClN2O. The maximum atomic E-state index is 11.0. The van der Waals surface area contributed by atoms with Gasteiger partial charge in [0.15, 0.2) is 5.78 Å². The molecule has 0 fully saturated rings. The van der Waals surface area contributed by atoms with Gasteiger partial charge in [-0.25, -0.2) is 0 Å². The Kier molecular flexibility index (Phi) is 7.30. The largest absolute Gasteiger partial charge is 0.341 e. The first kappa shape index (κ1) is 20.6. The van der Waals surface area contributed by atoms with E-state index < -0.39 is 0 Å². The zero-order valence-electron chi connectivity index (χ0n) is 16.8. The van der Waals surface area contributed by atoms with Crippen LogP contribution in [0.4, 0.5) is 5.69 Å². The molecule has 1 aromatic rings. The Morgan fingerprint density at radius 3 is 2.86 bits per heavy atom. The number of anilines is 1. The molecule has 0 aromatic heterocycles. The molecule has 1 aliphatic heterocycles. The van der Waals surface area contributed by atoms with Crippen LogP contribution < -0.4 is 4.90 Å². The zero-order chi connectivity index (χ0) is 19.9. The van der Waals surface area contributed by atoms with Crippen LogP contribution in [0.5, 0.6) is 0 Å². The van der Waals surface area contributed by atoms with Crippen LogP contribution >= 0.6 is 11.6 Å². The number of carbonyl (C=O) groups excluding carboxylic acids is 1. The molecule has 0 N–H and O–H groups in total. The van der Waals surface area contributed by atoms with Gasteiger partial charge in [-0.15, -0.1) is 0 Å². The lowest BCUT2D eigenvalue weighted by atomic mass is 10.0. The summed E-state index contributed by atoms with van der Waals surface area (Å²) in [5.41, 5.74) is 5.28. The van der Waals surface area contributed by atoms with Gasteiger partial charge in [-0.05, 0) is 75.6 Å². The van der Waals surface area contributed by atoms with Crippen LogP contribution in [0.25, 0.3) is 0 Å². The Balaban J connectivity index is 1.64. The number of para-hydroxylation sites is 1.